The van der Waals surface area contributed by atoms with Crippen molar-refractivity contribution in [1.82, 2.24) is 0 Å². The smallest absolute Gasteiger partial charge is 0.337 e. The summed E-state index contributed by atoms with van der Waals surface area (Å²) in [6.07, 6.45) is 0. The zero-order chi connectivity index (χ0) is 14.7. The summed E-state index contributed by atoms with van der Waals surface area (Å²) in [6.45, 7) is 0. The van der Waals surface area contributed by atoms with Gasteiger partial charge in [0.15, 0.2) is 0 Å². The zero-order valence-corrected chi connectivity index (χ0v) is 10.6. The molecule has 0 unspecified atom stereocenters. The molecule has 4 nitrogen and oxygen atoms in total. The van der Waals surface area contributed by atoms with Crippen molar-refractivity contribution in [2.24, 2.45) is 0 Å². The van der Waals surface area contributed by atoms with Crippen LogP contribution in [0.4, 0.5) is 4.39 Å². The van der Waals surface area contributed by atoms with Crippen molar-refractivity contribution < 1.29 is 23.8 Å². The molecule has 0 aliphatic carbocycles. The summed E-state index contributed by atoms with van der Waals surface area (Å²) in [7, 11) is 1.26. The molecule has 0 bridgehead atoms. The fourth-order valence-electron chi connectivity index (χ4n) is 1.88. The predicted molar refractivity (Wildman–Crippen MR) is 70.1 cm³/mol. The molecule has 102 valence electrons. The lowest BCUT2D eigenvalue weighted by Crippen LogP contribution is -2.03. The predicted octanol–water partition coefficient (Wildman–Crippen LogP) is 2.98. The number of aromatic carboxylic acids is 1. The highest BCUT2D eigenvalue weighted by Crippen LogP contribution is 2.25. The third kappa shape index (κ3) is 2.66. The average molecular weight is 274 g/mol. The van der Waals surface area contributed by atoms with E-state index < -0.39 is 17.8 Å². The molecule has 5 heteroatoms. The fraction of sp³-hybridized carbons (Fsp3) is 0.0667. The Morgan fingerprint density at radius 2 is 1.90 bits per heavy atom. The fourth-order valence-corrected chi connectivity index (χ4v) is 1.88. The Morgan fingerprint density at radius 1 is 1.15 bits per heavy atom. The number of halogens is 1. The number of carboxylic acids is 1. The maximum Gasteiger partial charge on any atom is 0.337 e. The van der Waals surface area contributed by atoms with Crippen molar-refractivity contribution in [1.29, 1.82) is 0 Å². The molecule has 20 heavy (non-hydrogen) atoms. The number of hydrogen-bond donors (Lipinski definition) is 1. The number of methoxy groups -OCH3 is 1. The summed E-state index contributed by atoms with van der Waals surface area (Å²) in [5.41, 5.74) is 0.979. The standard InChI is InChI=1S/C15H11FO4/c1-20-15(19)10-4-2-3-9(7-10)12-6-5-11(16)8-13(12)14(17)18/h2-8H,1H3,(H,17,18). The van der Waals surface area contributed by atoms with Crippen LogP contribution in [0.2, 0.25) is 0 Å². The van der Waals surface area contributed by atoms with E-state index >= 15 is 0 Å². The van der Waals surface area contributed by atoms with Gasteiger partial charge in [0.05, 0.1) is 18.2 Å². The number of esters is 1. The van der Waals surface area contributed by atoms with Crippen LogP contribution in [0.3, 0.4) is 0 Å². The Hall–Kier alpha value is -2.69. The van der Waals surface area contributed by atoms with Crippen LogP contribution in [0.25, 0.3) is 11.1 Å². The van der Waals surface area contributed by atoms with Gasteiger partial charge < -0.3 is 9.84 Å². The minimum absolute atomic E-state index is 0.160. The molecule has 0 aliphatic rings. The number of benzene rings is 2. The normalized spacial score (nSPS) is 10.1. The second kappa shape index (κ2) is 5.52. The lowest BCUT2D eigenvalue weighted by atomic mass is 9.98. The molecule has 0 amide bonds. The van der Waals surface area contributed by atoms with Gasteiger partial charge in [-0.25, -0.2) is 14.0 Å². The molecule has 2 aromatic rings. The Balaban J connectivity index is 2.57. The van der Waals surface area contributed by atoms with Crippen molar-refractivity contribution in [3.63, 3.8) is 0 Å². The first-order chi connectivity index (χ1) is 9.52. The van der Waals surface area contributed by atoms with Crippen LogP contribution < -0.4 is 0 Å². The molecule has 0 saturated carbocycles. The van der Waals surface area contributed by atoms with Crippen molar-refractivity contribution in [3.05, 3.63) is 59.4 Å². The first kappa shape index (κ1) is 13.7. The van der Waals surface area contributed by atoms with E-state index in [-0.39, 0.29) is 5.56 Å². The molecule has 2 rings (SSSR count). The third-order valence-electron chi connectivity index (χ3n) is 2.81. The van der Waals surface area contributed by atoms with Gasteiger partial charge in [-0.1, -0.05) is 18.2 Å². The highest BCUT2D eigenvalue weighted by Gasteiger charge is 2.14. The van der Waals surface area contributed by atoms with Crippen LogP contribution in [-0.2, 0) is 4.74 Å². The van der Waals surface area contributed by atoms with E-state index in [9.17, 15) is 14.0 Å². The van der Waals surface area contributed by atoms with E-state index in [0.29, 0.717) is 16.7 Å². The van der Waals surface area contributed by atoms with Gasteiger partial charge in [-0.05, 0) is 35.4 Å². The van der Waals surface area contributed by atoms with Gasteiger partial charge >= 0.3 is 11.9 Å². The topological polar surface area (TPSA) is 63.6 Å². The van der Waals surface area contributed by atoms with Gasteiger partial charge in [-0.2, -0.15) is 0 Å². The third-order valence-corrected chi connectivity index (χ3v) is 2.81. The van der Waals surface area contributed by atoms with E-state index in [0.717, 1.165) is 6.07 Å². The molecule has 1 N–H and O–H groups in total. The van der Waals surface area contributed by atoms with Crippen LogP contribution in [0.5, 0.6) is 0 Å². The molecule has 0 aromatic heterocycles. The van der Waals surface area contributed by atoms with Crippen LogP contribution in [0.1, 0.15) is 20.7 Å². The molecular formula is C15H11FO4. The van der Waals surface area contributed by atoms with Crippen molar-refractivity contribution in [3.8, 4) is 11.1 Å². The number of carbonyl (C=O) groups excluding carboxylic acids is 1. The van der Waals surface area contributed by atoms with Gasteiger partial charge in [0, 0.05) is 0 Å². The van der Waals surface area contributed by atoms with Crippen LogP contribution >= 0.6 is 0 Å². The summed E-state index contributed by atoms with van der Waals surface area (Å²) in [4.78, 5) is 22.6. The van der Waals surface area contributed by atoms with Crippen LogP contribution in [0.15, 0.2) is 42.5 Å². The Morgan fingerprint density at radius 3 is 2.55 bits per heavy atom. The quantitative estimate of drug-likeness (QED) is 0.874. The SMILES string of the molecule is COC(=O)c1cccc(-c2ccc(F)cc2C(=O)O)c1. The first-order valence-electron chi connectivity index (χ1n) is 5.74. The summed E-state index contributed by atoms with van der Waals surface area (Å²) in [5.74, 6) is -2.39. The minimum Gasteiger partial charge on any atom is -0.478 e. The number of hydrogen-bond acceptors (Lipinski definition) is 3. The summed E-state index contributed by atoms with van der Waals surface area (Å²) >= 11 is 0. The molecule has 0 fully saturated rings. The lowest BCUT2D eigenvalue weighted by molar-refractivity contribution is 0.0600. The molecule has 0 spiro atoms. The minimum atomic E-state index is -1.23. The molecule has 0 radical (unpaired) electrons. The largest absolute Gasteiger partial charge is 0.478 e. The van der Waals surface area contributed by atoms with E-state index in [1.807, 2.05) is 0 Å². The Bertz CT molecular complexity index is 679. The highest BCUT2D eigenvalue weighted by atomic mass is 19.1. The number of ether oxygens (including phenoxy) is 1. The van der Waals surface area contributed by atoms with Gasteiger partial charge in [-0.3, -0.25) is 0 Å². The van der Waals surface area contributed by atoms with E-state index in [1.165, 1.54) is 25.3 Å². The molecular weight excluding hydrogens is 263 g/mol. The number of carboxylic acid groups (broad SMARTS) is 1. The molecule has 0 heterocycles. The Labute approximate surface area is 114 Å². The molecule has 0 atom stereocenters. The van der Waals surface area contributed by atoms with E-state index in [4.69, 9.17) is 5.11 Å². The van der Waals surface area contributed by atoms with Crippen LogP contribution in [0, 0.1) is 5.82 Å². The first-order valence-corrected chi connectivity index (χ1v) is 5.74. The second-order valence-electron chi connectivity index (χ2n) is 4.07. The molecule has 2 aromatic carbocycles. The monoisotopic (exact) mass is 274 g/mol. The van der Waals surface area contributed by atoms with Gasteiger partial charge in [0.1, 0.15) is 5.82 Å². The zero-order valence-electron chi connectivity index (χ0n) is 10.6. The maximum atomic E-state index is 13.1. The van der Waals surface area contributed by atoms with E-state index in [1.54, 1.807) is 18.2 Å². The average Bonchev–Trinajstić information content (AvgIpc) is 2.46. The second-order valence-corrected chi connectivity index (χ2v) is 4.07. The number of rotatable bonds is 3. The molecule has 0 aliphatic heterocycles. The Kier molecular flexibility index (Phi) is 3.79. The van der Waals surface area contributed by atoms with Crippen molar-refractivity contribution in [2.75, 3.05) is 7.11 Å². The van der Waals surface area contributed by atoms with Crippen LogP contribution in [-0.4, -0.2) is 24.2 Å². The van der Waals surface area contributed by atoms with Gasteiger partial charge in [-0.15, -0.1) is 0 Å². The van der Waals surface area contributed by atoms with Crippen molar-refractivity contribution >= 4 is 11.9 Å². The summed E-state index contributed by atoms with van der Waals surface area (Å²) in [6, 6.07) is 9.80. The number of carbonyl (C=O) groups is 2. The summed E-state index contributed by atoms with van der Waals surface area (Å²) in [5, 5.41) is 9.12. The highest BCUT2D eigenvalue weighted by molar-refractivity contribution is 5.97. The summed E-state index contributed by atoms with van der Waals surface area (Å²) < 4.78 is 17.8. The van der Waals surface area contributed by atoms with E-state index in [2.05, 4.69) is 4.74 Å². The van der Waals surface area contributed by atoms with Gasteiger partial charge in [0.2, 0.25) is 0 Å². The van der Waals surface area contributed by atoms with Gasteiger partial charge in [0.25, 0.3) is 0 Å². The lowest BCUT2D eigenvalue weighted by Gasteiger charge is -2.08. The maximum absolute atomic E-state index is 13.1. The van der Waals surface area contributed by atoms with Crippen molar-refractivity contribution in [2.45, 2.75) is 0 Å². The molecule has 0 saturated heterocycles.